The Hall–Kier alpha value is -0.940. The van der Waals surface area contributed by atoms with Gasteiger partial charge in [-0.2, -0.15) is 0 Å². The average Bonchev–Trinajstić information content (AvgIpc) is 2.35. The molecule has 1 aromatic rings. The average molecular weight is 315 g/mol. The minimum atomic E-state index is -0.358. The second-order valence-electron chi connectivity index (χ2n) is 4.34. The summed E-state index contributed by atoms with van der Waals surface area (Å²) in [5.74, 6) is -0.399. The van der Waals surface area contributed by atoms with Gasteiger partial charge in [-0.3, -0.25) is 4.79 Å². The largest absolute Gasteiger partial charge is 0.308 e. The fourth-order valence-electron chi connectivity index (χ4n) is 2.24. The molecule has 2 rings (SSSR count). The lowest BCUT2D eigenvalue weighted by Crippen LogP contribution is -2.51. The van der Waals surface area contributed by atoms with Crippen molar-refractivity contribution in [3.63, 3.8) is 0 Å². The van der Waals surface area contributed by atoms with E-state index in [-0.39, 0.29) is 17.8 Å². The first-order valence-electron chi connectivity index (χ1n) is 6.13. The molecule has 1 unspecified atom stereocenters. The molecular formula is C13H16BrFN2O. The minimum absolute atomic E-state index is 0.0416. The molecule has 1 aliphatic heterocycles. The van der Waals surface area contributed by atoms with Crippen LogP contribution in [0.25, 0.3) is 0 Å². The Morgan fingerprint density at radius 2 is 2.33 bits per heavy atom. The second kappa shape index (κ2) is 5.80. The molecule has 0 radical (unpaired) electrons. The van der Waals surface area contributed by atoms with Crippen LogP contribution in [-0.4, -0.2) is 25.0 Å². The summed E-state index contributed by atoms with van der Waals surface area (Å²) in [6, 6.07) is 4.47. The Kier molecular flexibility index (Phi) is 4.35. The van der Waals surface area contributed by atoms with E-state index in [4.69, 9.17) is 0 Å². The smallest absolute Gasteiger partial charge is 0.244 e. The van der Waals surface area contributed by atoms with Gasteiger partial charge < -0.3 is 10.2 Å². The highest BCUT2D eigenvalue weighted by atomic mass is 79.9. The van der Waals surface area contributed by atoms with Crippen molar-refractivity contribution in [3.8, 4) is 0 Å². The minimum Gasteiger partial charge on any atom is -0.308 e. The number of carbonyl (C=O) groups is 1. The molecule has 1 N–H and O–H groups in total. The molecule has 5 heteroatoms. The van der Waals surface area contributed by atoms with Gasteiger partial charge in [-0.15, -0.1) is 0 Å². The molecule has 1 aliphatic rings. The maximum absolute atomic E-state index is 13.8. The van der Waals surface area contributed by atoms with Gasteiger partial charge in [-0.1, -0.05) is 22.9 Å². The number of nitrogens with one attached hydrogen (secondary N) is 1. The first-order valence-corrected chi connectivity index (χ1v) is 6.92. The van der Waals surface area contributed by atoms with Crippen molar-refractivity contribution >= 4 is 27.5 Å². The molecule has 0 saturated carbocycles. The molecule has 3 nitrogen and oxygen atoms in total. The van der Waals surface area contributed by atoms with Gasteiger partial charge in [0, 0.05) is 11.0 Å². The zero-order valence-electron chi connectivity index (χ0n) is 10.2. The first-order chi connectivity index (χ1) is 8.63. The van der Waals surface area contributed by atoms with Crippen molar-refractivity contribution in [2.45, 2.75) is 25.8 Å². The van der Waals surface area contributed by atoms with E-state index in [0.29, 0.717) is 12.2 Å². The van der Waals surface area contributed by atoms with Crippen LogP contribution in [0.1, 0.15) is 19.8 Å². The molecule has 0 bridgehead atoms. The van der Waals surface area contributed by atoms with Crippen LogP contribution in [0.4, 0.5) is 10.1 Å². The zero-order chi connectivity index (χ0) is 13.1. The van der Waals surface area contributed by atoms with Gasteiger partial charge in [0.05, 0.1) is 11.7 Å². The Morgan fingerprint density at radius 3 is 3.06 bits per heavy atom. The van der Waals surface area contributed by atoms with Crippen LogP contribution in [0.5, 0.6) is 0 Å². The Balaban J connectivity index is 2.26. The van der Waals surface area contributed by atoms with Crippen LogP contribution in [0.3, 0.4) is 0 Å². The number of halogens is 2. The lowest BCUT2D eigenvalue weighted by molar-refractivity contribution is -0.121. The van der Waals surface area contributed by atoms with Crippen LogP contribution in [0.2, 0.25) is 0 Å². The van der Waals surface area contributed by atoms with Crippen LogP contribution < -0.4 is 10.2 Å². The van der Waals surface area contributed by atoms with Gasteiger partial charge in [0.2, 0.25) is 5.91 Å². The molecule has 1 atom stereocenters. The quantitative estimate of drug-likeness (QED) is 0.930. The molecule has 0 aromatic heterocycles. The predicted molar refractivity (Wildman–Crippen MR) is 73.2 cm³/mol. The van der Waals surface area contributed by atoms with Crippen LogP contribution in [0, 0.1) is 5.82 Å². The molecular weight excluding hydrogens is 299 g/mol. The Bertz CT molecular complexity index is 451. The maximum Gasteiger partial charge on any atom is 0.244 e. The van der Waals surface area contributed by atoms with E-state index in [9.17, 15) is 9.18 Å². The van der Waals surface area contributed by atoms with E-state index in [1.54, 1.807) is 12.1 Å². The molecule has 1 aromatic carbocycles. The highest BCUT2D eigenvalue weighted by molar-refractivity contribution is 9.10. The maximum atomic E-state index is 13.8. The summed E-state index contributed by atoms with van der Waals surface area (Å²) in [6.07, 6.45) is 1.70. The van der Waals surface area contributed by atoms with Crippen molar-refractivity contribution in [2.24, 2.45) is 0 Å². The van der Waals surface area contributed by atoms with E-state index < -0.39 is 0 Å². The monoisotopic (exact) mass is 314 g/mol. The lowest BCUT2D eigenvalue weighted by Gasteiger charge is -2.32. The summed E-state index contributed by atoms with van der Waals surface area (Å²) in [5.41, 5.74) is 0.358. The molecule has 1 saturated heterocycles. The van der Waals surface area contributed by atoms with E-state index in [2.05, 4.69) is 21.2 Å². The van der Waals surface area contributed by atoms with Gasteiger partial charge >= 0.3 is 0 Å². The molecule has 1 fully saturated rings. The standard InChI is InChI=1S/C13H16BrFN2O/c1-2-16-11-4-3-7-17(13(11)18)12-8-9(14)5-6-10(12)15/h5-6,8,11,16H,2-4,7H2,1H3. The fraction of sp³-hybridized carbons (Fsp3) is 0.462. The van der Waals surface area contributed by atoms with E-state index in [1.807, 2.05) is 6.92 Å². The van der Waals surface area contributed by atoms with Crippen molar-refractivity contribution in [1.82, 2.24) is 5.32 Å². The Labute approximate surface area is 114 Å². The number of nitrogens with zero attached hydrogens (tertiary/aromatic N) is 1. The lowest BCUT2D eigenvalue weighted by atomic mass is 10.0. The van der Waals surface area contributed by atoms with E-state index in [1.165, 1.54) is 11.0 Å². The van der Waals surface area contributed by atoms with Gasteiger partial charge in [0.15, 0.2) is 0 Å². The molecule has 98 valence electrons. The van der Waals surface area contributed by atoms with Gasteiger partial charge in [0.25, 0.3) is 0 Å². The highest BCUT2D eigenvalue weighted by Crippen LogP contribution is 2.27. The molecule has 18 heavy (non-hydrogen) atoms. The molecule has 1 heterocycles. The number of piperidine rings is 1. The molecule has 0 aliphatic carbocycles. The molecule has 1 amide bonds. The normalized spacial score (nSPS) is 20.3. The van der Waals surface area contributed by atoms with Gasteiger partial charge in [0.1, 0.15) is 5.82 Å². The summed E-state index contributed by atoms with van der Waals surface area (Å²) in [5, 5.41) is 3.14. The van der Waals surface area contributed by atoms with Crippen molar-refractivity contribution < 1.29 is 9.18 Å². The third kappa shape index (κ3) is 2.72. The third-order valence-electron chi connectivity index (χ3n) is 3.09. The zero-order valence-corrected chi connectivity index (χ0v) is 11.8. The SMILES string of the molecule is CCNC1CCCN(c2cc(Br)ccc2F)C1=O. The fourth-order valence-corrected chi connectivity index (χ4v) is 2.59. The Morgan fingerprint density at radius 1 is 1.56 bits per heavy atom. The van der Waals surface area contributed by atoms with Crippen molar-refractivity contribution in [2.75, 3.05) is 18.0 Å². The van der Waals surface area contributed by atoms with E-state index >= 15 is 0 Å². The summed E-state index contributed by atoms with van der Waals surface area (Å²) in [4.78, 5) is 13.8. The van der Waals surface area contributed by atoms with Crippen LogP contribution in [0.15, 0.2) is 22.7 Å². The number of hydrogen-bond donors (Lipinski definition) is 1. The number of rotatable bonds is 3. The number of anilines is 1. The summed E-state index contributed by atoms with van der Waals surface area (Å²) >= 11 is 3.31. The van der Waals surface area contributed by atoms with Gasteiger partial charge in [-0.25, -0.2) is 4.39 Å². The summed E-state index contributed by atoms with van der Waals surface area (Å²) in [6.45, 7) is 3.28. The number of carbonyl (C=O) groups excluding carboxylic acids is 1. The van der Waals surface area contributed by atoms with Crippen LogP contribution in [-0.2, 0) is 4.79 Å². The summed E-state index contributed by atoms with van der Waals surface area (Å²) in [7, 11) is 0. The third-order valence-corrected chi connectivity index (χ3v) is 3.58. The van der Waals surface area contributed by atoms with Crippen molar-refractivity contribution in [1.29, 1.82) is 0 Å². The summed E-state index contributed by atoms with van der Waals surface area (Å²) < 4.78 is 14.6. The highest BCUT2D eigenvalue weighted by Gasteiger charge is 2.30. The number of hydrogen-bond acceptors (Lipinski definition) is 2. The second-order valence-corrected chi connectivity index (χ2v) is 5.25. The first kappa shape index (κ1) is 13.5. The number of likely N-dealkylation sites (N-methyl/N-ethyl adjacent to an activating group) is 1. The predicted octanol–water partition coefficient (Wildman–Crippen LogP) is 2.69. The molecule has 0 spiro atoms. The van der Waals surface area contributed by atoms with E-state index in [0.717, 1.165) is 23.9 Å². The topological polar surface area (TPSA) is 32.3 Å². The number of amides is 1. The van der Waals surface area contributed by atoms with Crippen LogP contribution >= 0.6 is 15.9 Å². The van der Waals surface area contributed by atoms with Gasteiger partial charge in [-0.05, 0) is 37.6 Å². The van der Waals surface area contributed by atoms with Crippen molar-refractivity contribution in [3.05, 3.63) is 28.5 Å². The number of benzene rings is 1.